The van der Waals surface area contributed by atoms with Gasteiger partial charge in [-0.2, -0.15) is 0 Å². The average Bonchev–Trinajstić information content (AvgIpc) is 3.01. The minimum absolute atomic E-state index is 0.645. The molecule has 7 heteroatoms. The first kappa shape index (κ1) is 33.5. The van der Waals surface area contributed by atoms with Crippen LogP contribution in [0, 0.1) is 6.92 Å². The Balaban J connectivity index is 0.000000401. The fourth-order valence-electron chi connectivity index (χ4n) is 3.55. The fourth-order valence-corrected chi connectivity index (χ4v) is 3.55. The third kappa shape index (κ3) is 9.05. The van der Waals surface area contributed by atoms with Gasteiger partial charge in [0.1, 0.15) is 11.4 Å². The van der Waals surface area contributed by atoms with Crippen LogP contribution in [0.4, 0.5) is 5.69 Å². The Labute approximate surface area is 239 Å². The van der Waals surface area contributed by atoms with Gasteiger partial charge in [-0.15, -0.1) is 0 Å². The molecule has 212 valence electrons. The van der Waals surface area contributed by atoms with Gasteiger partial charge in [0.2, 0.25) is 0 Å². The summed E-state index contributed by atoms with van der Waals surface area (Å²) in [6, 6.07) is 13.4. The van der Waals surface area contributed by atoms with Gasteiger partial charge in [-0.3, -0.25) is 9.98 Å². The molecule has 2 aromatic heterocycles. The summed E-state index contributed by atoms with van der Waals surface area (Å²) in [5.74, 6) is 2.70. The molecule has 2 heterocycles. The van der Waals surface area contributed by atoms with Crippen LogP contribution in [0.15, 0.2) is 66.4 Å². The molecule has 0 atom stereocenters. The molecule has 0 unspecified atom stereocenters. The molecule has 4 aromatic rings. The van der Waals surface area contributed by atoms with E-state index in [1.54, 1.807) is 33.7 Å². The Hall–Kier alpha value is -4.52. The predicted octanol–water partition coefficient (Wildman–Crippen LogP) is 8.63. The highest BCUT2D eigenvalue weighted by Crippen LogP contribution is 2.34. The third-order valence-corrected chi connectivity index (χ3v) is 5.36. The number of hydrogen-bond acceptors (Lipinski definition) is 7. The van der Waals surface area contributed by atoms with Gasteiger partial charge in [-0.25, -0.2) is 9.97 Å². The molecule has 0 saturated carbocycles. The van der Waals surface area contributed by atoms with Gasteiger partial charge in [0.25, 0.3) is 0 Å². The summed E-state index contributed by atoms with van der Waals surface area (Å²) >= 11 is 0. The number of hydrogen-bond donors (Lipinski definition) is 0. The van der Waals surface area contributed by atoms with E-state index in [0.29, 0.717) is 17.3 Å². The van der Waals surface area contributed by atoms with E-state index in [-0.39, 0.29) is 0 Å². The molecule has 0 N–H and O–H groups in total. The topological polar surface area (TPSA) is 78.7 Å². The maximum Gasteiger partial charge on any atom is 0.162 e. The predicted molar refractivity (Wildman–Crippen MR) is 170 cm³/mol. The van der Waals surface area contributed by atoms with Crippen LogP contribution in [0.3, 0.4) is 0 Å². The monoisotopic (exact) mass is 542 g/mol. The highest BCUT2D eigenvalue weighted by molar-refractivity contribution is 5.85. The SMILES string of the molecule is C=Nc1c(OC)cccc1C(=C)C.CC.CC.COc1cc2nc(/C=C/c3cccnc3)nc(C)c2cc1OC. The Morgan fingerprint density at radius 3 is 2.05 bits per heavy atom. The number of para-hydroxylation sites is 1. The zero-order valence-electron chi connectivity index (χ0n) is 25.3. The summed E-state index contributed by atoms with van der Waals surface area (Å²) in [6.07, 6.45) is 7.35. The molecule has 0 spiro atoms. The summed E-state index contributed by atoms with van der Waals surface area (Å²) in [5, 5.41) is 0.946. The normalized spacial score (nSPS) is 9.72. The highest BCUT2D eigenvalue weighted by Gasteiger charge is 2.10. The molecule has 0 saturated heterocycles. The zero-order valence-corrected chi connectivity index (χ0v) is 25.3. The Kier molecular flexibility index (Phi) is 15.0. The highest BCUT2D eigenvalue weighted by atomic mass is 16.5. The van der Waals surface area contributed by atoms with Crippen LogP contribution < -0.4 is 14.2 Å². The number of pyridine rings is 1. The van der Waals surface area contributed by atoms with Crippen molar-refractivity contribution < 1.29 is 14.2 Å². The lowest BCUT2D eigenvalue weighted by Gasteiger charge is -2.10. The van der Waals surface area contributed by atoms with Crippen LogP contribution in [0.1, 0.15) is 57.3 Å². The summed E-state index contributed by atoms with van der Waals surface area (Å²) < 4.78 is 15.8. The summed E-state index contributed by atoms with van der Waals surface area (Å²) in [6.45, 7) is 19.3. The minimum atomic E-state index is 0.645. The maximum atomic E-state index is 5.34. The van der Waals surface area contributed by atoms with E-state index >= 15 is 0 Å². The first-order valence-corrected chi connectivity index (χ1v) is 13.2. The Morgan fingerprint density at radius 1 is 0.850 bits per heavy atom. The summed E-state index contributed by atoms with van der Waals surface area (Å²) in [7, 11) is 4.85. The number of methoxy groups -OCH3 is 3. The standard InChI is InChI=1S/C18H17N3O2.C11H13NO.2C2H6/c1-12-14-9-16(22-2)17(23-3)10-15(14)21-18(20-12)7-6-13-5-4-8-19-11-13;1-8(2)9-6-5-7-10(13-4)11(9)12-3;2*1-2/h4-11H,1-3H3;5-7H,1,3H2,2,4H3;2*1-2H3/b7-6+;;;. The Morgan fingerprint density at radius 2 is 1.50 bits per heavy atom. The molecule has 2 aromatic carbocycles. The summed E-state index contributed by atoms with van der Waals surface area (Å²) in [5.41, 5.74) is 5.41. The molecule has 7 nitrogen and oxygen atoms in total. The fraction of sp³-hybridized carbons (Fsp3) is 0.273. The second kappa shape index (κ2) is 17.9. The molecule has 0 aliphatic carbocycles. The van der Waals surface area contributed by atoms with Gasteiger partial charge in [0, 0.05) is 35.1 Å². The number of benzene rings is 2. The quantitative estimate of drug-likeness (QED) is 0.218. The van der Waals surface area contributed by atoms with Crippen molar-refractivity contribution in [3.05, 3.63) is 84.1 Å². The van der Waals surface area contributed by atoms with Crippen LogP contribution in [0.25, 0.3) is 28.6 Å². The number of aromatic nitrogens is 3. The van der Waals surface area contributed by atoms with Crippen molar-refractivity contribution in [1.29, 1.82) is 0 Å². The van der Waals surface area contributed by atoms with Gasteiger partial charge in [0.05, 0.1) is 26.8 Å². The van der Waals surface area contributed by atoms with Crippen molar-refractivity contribution in [1.82, 2.24) is 15.0 Å². The number of rotatable bonds is 7. The van der Waals surface area contributed by atoms with Gasteiger partial charge in [-0.1, -0.05) is 52.5 Å². The molecule has 0 aliphatic heterocycles. The van der Waals surface area contributed by atoms with E-state index in [1.165, 1.54) is 0 Å². The molecule has 4 rings (SSSR count). The van der Waals surface area contributed by atoms with Crippen LogP contribution in [0.5, 0.6) is 17.2 Å². The smallest absolute Gasteiger partial charge is 0.162 e. The molecule has 0 bridgehead atoms. The van der Waals surface area contributed by atoms with Crippen molar-refractivity contribution in [3.63, 3.8) is 0 Å². The minimum Gasteiger partial charge on any atom is -0.494 e. The second-order valence-electron chi connectivity index (χ2n) is 7.81. The van der Waals surface area contributed by atoms with E-state index in [0.717, 1.165) is 44.7 Å². The van der Waals surface area contributed by atoms with Crippen molar-refractivity contribution in [2.45, 2.75) is 41.5 Å². The van der Waals surface area contributed by atoms with Crippen molar-refractivity contribution >= 4 is 41.0 Å². The van der Waals surface area contributed by atoms with Crippen molar-refractivity contribution in [2.75, 3.05) is 21.3 Å². The van der Waals surface area contributed by atoms with Crippen molar-refractivity contribution in [2.24, 2.45) is 4.99 Å². The average molecular weight is 543 g/mol. The molecular weight excluding hydrogens is 500 g/mol. The maximum absolute atomic E-state index is 5.34. The van der Waals surface area contributed by atoms with Crippen LogP contribution in [-0.2, 0) is 0 Å². The van der Waals surface area contributed by atoms with Crippen molar-refractivity contribution in [3.8, 4) is 17.2 Å². The van der Waals surface area contributed by atoms with E-state index in [1.807, 2.05) is 96.2 Å². The second-order valence-corrected chi connectivity index (χ2v) is 7.81. The first-order valence-electron chi connectivity index (χ1n) is 13.2. The molecule has 40 heavy (non-hydrogen) atoms. The van der Waals surface area contributed by atoms with Crippen LogP contribution in [0.2, 0.25) is 0 Å². The molecular formula is C33H42N4O3. The molecule has 0 radical (unpaired) electrons. The molecule has 0 fully saturated rings. The number of ether oxygens (including phenoxy) is 3. The first-order chi connectivity index (χ1) is 19.4. The van der Waals surface area contributed by atoms with Crippen LogP contribution in [-0.4, -0.2) is 43.0 Å². The van der Waals surface area contributed by atoms with Gasteiger partial charge >= 0.3 is 0 Å². The molecule has 0 amide bonds. The number of allylic oxidation sites excluding steroid dienone is 1. The van der Waals surface area contributed by atoms with Gasteiger partial charge in [0.15, 0.2) is 17.3 Å². The number of nitrogens with zero attached hydrogens (tertiary/aromatic N) is 4. The van der Waals surface area contributed by atoms with Crippen LogP contribution >= 0.6 is 0 Å². The lowest BCUT2D eigenvalue weighted by atomic mass is 10.1. The summed E-state index contributed by atoms with van der Waals surface area (Å²) in [4.78, 5) is 17.1. The number of aryl methyl sites for hydroxylation is 1. The largest absolute Gasteiger partial charge is 0.494 e. The lowest BCUT2D eigenvalue weighted by Crippen LogP contribution is -1.96. The van der Waals surface area contributed by atoms with E-state index in [9.17, 15) is 0 Å². The van der Waals surface area contributed by atoms with E-state index in [2.05, 4.69) is 33.2 Å². The van der Waals surface area contributed by atoms with E-state index < -0.39 is 0 Å². The zero-order chi connectivity index (χ0) is 30.1. The van der Waals surface area contributed by atoms with Gasteiger partial charge in [-0.05, 0) is 62.1 Å². The number of fused-ring (bicyclic) bond motifs is 1. The Bertz CT molecular complexity index is 1400. The third-order valence-electron chi connectivity index (χ3n) is 5.36. The van der Waals surface area contributed by atoms with E-state index in [4.69, 9.17) is 14.2 Å². The van der Waals surface area contributed by atoms with Gasteiger partial charge < -0.3 is 14.2 Å². The lowest BCUT2D eigenvalue weighted by molar-refractivity contribution is 0.355. The molecule has 0 aliphatic rings. The number of aliphatic imine (C=N–C) groups is 1.